The molecule has 43 nitrogen and oxygen atoms in total. The summed E-state index contributed by atoms with van der Waals surface area (Å²) >= 11 is 0. The molecule has 137 heavy (non-hydrogen) atoms. The fraction of sp³-hybridized carbons (Fsp3) is 0.862. The summed E-state index contributed by atoms with van der Waals surface area (Å²) in [6.45, 7) is 24.8. The monoisotopic (exact) mass is 1960 g/mol. The van der Waals surface area contributed by atoms with Crippen LogP contribution in [0.4, 0.5) is 0 Å². The minimum Gasteiger partial charge on any atom is -0.452 e. The quantitative estimate of drug-likeness (QED) is 0.0104. The molecule has 0 aromatic rings. The summed E-state index contributed by atoms with van der Waals surface area (Å²) in [7, 11) is 0. The average molecular weight is 1970 g/mol. The molecular weight excluding hydrogens is 1820 g/mol. The first-order valence-corrected chi connectivity index (χ1v) is 47.7. The molecule has 22 N–H and O–H groups in total. The van der Waals surface area contributed by atoms with E-state index in [1.807, 2.05) is 0 Å². The third kappa shape index (κ3) is 22.1. The first kappa shape index (κ1) is 110. The van der Waals surface area contributed by atoms with Gasteiger partial charge in [0.05, 0.1) is 87.4 Å². The van der Waals surface area contributed by atoms with E-state index in [0.717, 1.165) is 5.57 Å². The van der Waals surface area contributed by atoms with E-state index < -0.39 is 347 Å². The number of ether oxygens (including phenoxy) is 18. The van der Waals surface area contributed by atoms with E-state index in [9.17, 15) is 122 Å². The summed E-state index contributed by atoms with van der Waals surface area (Å²) < 4.78 is 109. The van der Waals surface area contributed by atoms with Gasteiger partial charge >= 0.3 is 17.9 Å². The molecule has 0 amide bonds. The van der Waals surface area contributed by atoms with Gasteiger partial charge in [0.1, 0.15) is 146 Å². The van der Waals surface area contributed by atoms with Crippen molar-refractivity contribution in [3.8, 4) is 0 Å². The number of aliphatic hydroxyl groups excluding tert-OH is 20. The Morgan fingerprint density at radius 2 is 0.949 bits per heavy atom. The van der Waals surface area contributed by atoms with Gasteiger partial charge in [0.15, 0.2) is 62.3 Å². The fourth-order valence-electron chi connectivity index (χ4n) is 23.4. The summed E-state index contributed by atoms with van der Waals surface area (Å²) in [4.78, 5) is 45.0. The van der Waals surface area contributed by atoms with E-state index in [4.69, 9.17) is 85.3 Å². The van der Waals surface area contributed by atoms with Crippen LogP contribution >= 0.6 is 0 Å². The standard InChI is InChI=1S/C94H148O43/c1-15-89(10,118)25-17-19-40(3)76(115)131-72-56(101)41(4)126-84(75(72)132-77(116)43(33-95)20-18-26-90(11,119)16-2)125-39-51-61(106)63(108)74(136-81-68(113)64(109)70(42(5)127-81)133-80-69(114)71(49(99)37-122-80)134-78-65(110)57(102)46(96)34-120-78)85(129-51)137-86(117)94-30-29-87(6,7)31-45(94)44-21-22-53-91(12)27-24-55(88(8,9)52(91)23-28-92(53,13)93(44,14)32-54(94)100)130-82-67(112)62(107)60(105)50(128-82)38-124-83-73(59(104)48(98)36-123-83)135-79-66(111)58(103)47(97)35-121-79/h15-16,19-21,41-42,45-75,78-85,95-114,118-119H,1-2,17-18,22-39H2,3-14H3/b40-19+,43-20+/t41-,42-,45-,46+,47+,48-,49+,50+,51+,52?,53?,54+,55-,56-,57-,58-,59-,60+,61+,62-,63-,64-,65+,66+,67+,68+,69+,70-,71-,72+,73+,74+,75+,78-,79-,80-,81-,82-,83-,84+,85-,89?,90?,91-,92+,93+,94+/m0/s1. The van der Waals surface area contributed by atoms with Crippen LogP contribution in [0, 0.1) is 50.2 Å². The number of hydrogen-bond donors (Lipinski definition) is 22. The lowest BCUT2D eigenvalue weighted by molar-refractivity contribution is -0.381. The number of esters is 3. The third-order valence-electron chi connectivity index (χ3n) is 32.4. The van der Waals surface area contributed by atoms with Crippen LogP contribution in [0.3, 0.4) is 0 Å². The highest BCUT2D eigenvalue weighted by Gasteiger charge is 2.73. The maximum absolute atomic E-state index is 16.6. The Morgan fingerprint density at radius 3 is 1.55 bits per heavy atom. The summed E-state index contributed by atoms with van der Waals surface area (Å²) in [5, 5.41) is 248. The maximum atomic E-state index is 16.6. The van der Waals surface area contributed by atoms with Crippen LogP contribution in [0.5, 0.6) is 0 Å². The second-order valence-corrected chi connectivity index (χ2v) is 42.6. The fourth-order valence-corrected chi connectivity index (χ4v) is 23.4. The molecule has 13 rings (SSSR count). The highest BCUT2D eigenvalue weighted by Crippen LogP contribution is 2.76. The molecule has 4 saturated carbocycles. The molecule has 4 unspecified atom stereocenters. The largest absolute Gasteiger partial charge is 0.452 e. The number of fused-ring (bicyclic) bond motifs is 7. The van der Waals surface area contributed by atoms with E-state index in [-0.39, 0.29) is 61.5 Å². The SMILES string of the molecule is C=CC(C)(O)CC/C=C(\C)C(=O)O[C@@H]1[C@@H](O)[C@H](C)O[C@@H](OC[C@H]2O[C@@H](OC(=O)[C@]34CCC(C)(C)C[C@H]3C3=CCC5[C@@]6(C)CC[C@H](O[C@@H]7O[C@H](CO[C@@H]8OC[C@H](O)[C@H](O)[C@H]8O[C@@H]8OC[C@@H](O)[C@H](O)[C@H]8O)[C@@H](O)[C@H](O)[C@H]7O)C(C)(C)C6CC[C@@]5(C)[C@]3(C)C[C@H]4O)[C@H](O[C@@H]3O[C@@H](C)[C@H](O[C@@H]4OC[C@@H](O)[C@H](O[C@@H]5OC[C@@H](O)[C@H](O)[C@H]5O)[C@H]4O)[C@@H](O)[C@H]3O)[C@@H](O)[C@@H]2O)[C@@H]1OC(=O)/C(=C/CCC(C)(O)C=C)CO. The maximum Gasteiger partial charge on any atom is 0.336 e. The zero-order chi connectivity index (χ0) is 101. The smallest absolute Gasteiger partial charge is 0.336 e. The van der Waals surface area contributed by atoms with Gasteiger partial charge in [-0.25, -0.2) is 9.59 Å². The van der Waals surface area contributed by atoms with Gasteiger partial charge in [-0.3, -0.25) is 4.79 Å². The molecule has 0 spiro atoms. The van der Waals surface area contributed by atoms with Crippen molar-refractivity contribution in [1.29, 1.82) is 0 Å². The first-order valence-electron chi connectivity index (χ1n) is 47.7. The van der Waals surface area contributed by atoms with Gasteiger partial charge in [-0.1, -0.05) is 84.4 Å². The summed E-state index contributed by atoms with van der Waals surface area (Å²) in [6, 6.07) is 0. The van der Waals surface area contributed by atoms with Crippen molar-refractivity contribution in [3.05, 3.63) is 60.3 Å². The van der Waals surface area contributed by atoms with Crippen molar-refractivity contribution >= 4 is 17.9 Å². The minimum absolute atomic E-state index is 0.00705. The van der Waals surface area contributed by atoms with Crippen molar-refractivity contribution in [1.82, 2.24) is 0 Å². The molecule has 8 saturated heterocycles. The Labute approximate surface area is 794 Å². The summed E-state index contributed by atoms with van der Waals surface area (Å²) in [5.74, 6) is -4.27. The minimum atomic E-state index is -2.28. The number of aliphatic hydroxyl groups is 22. The summed E-state index contributed by atoms with van der Waals surface area (Å²) in [6.07, 6.45) is -54.9. The Bertz CT molecular complexity index is 4190. The molecule has 13 aliphatic rings. The molecule has 782 valence electrons. The third-order valence-corrected chi connectivity index (χ3v) is 32.4. The van der Waals surface area contributed by atoms with E-state index in [1.54, 1.807) is 0 Å². The van der Waals surface area contributed by atoms with Crippen LogP contribution < -0.4 is 0 Å². The van der Waals surface area contributed by atoms with Crippen LogP contribution in [0.25, 0.3) is 0 Å². The van der Waals surface area contributed by atoms with E-state index >= 15 is 4.79 Å². The number of carbonyl (C=O) groups is 3. The van der Waals surface area contributed by atoms with E-state index in [1.165, 1.54) is 58.9 Å². The van der Waals surface area contributed by atoms with Crippen molar-refractivity contribution in [2.75, 3.05) is 46.2 Å². The Hall–Kier alpha value is -4.37. The summed E-state index contributed by atoms with van der Waals surface area (Å²) in [5.41, 5.74) is -7.15. The van der Waals surface area contributed by atoms with Gasteiger partial charge in [0, 0.05) is 5.57 Å². The highest BCUT2D eigenvalue weighted by atomic mass is 16.8. The van der Waals surface area contributed by atoms with Gasteiger partial charge in [-0.05, 0) is 163 Å². The second-order valence-electron chi connectivity index (χ2n) is 42.6. The second kappa shape index (κ2) is 43.3. The lowest BCUT2D eigenvalue weighted by Crippen LogP contribution is -2.69. The Kier molecular flexibility index (Phi) is 34.8. The van der Waals surface area contributed by atoms with Gasteiger partial charge < -0.3 is 198 Å². The lowest BCUT2D eigenvalue weighted by atomic mass is 9.33. The Balaban J connectivity index is 0.767. The first-order chi connectivity index (χ1) is 64.1. The molecule has 47 atom stereocenters. The molecule has 0 aromatic heterocycles. The van der Waals surface area contributed by atoms with Crippen LogP contribution in [0.1, 0.15) is 167 Å². The number of hydrogen-bond acceptors (Lipinski definition) is 43. The molecule has 12 fully saturated rings. The van der Waals surface area contributed by atoms with Crippen LogP contribution in [-0.4, -0.2) is 421 Å². The van der Waals surface area contributed by atoms with Crippen LogP contribution in [-0.2, 0) is 99.6 Å². The normalized spacial score (nSPS) is 48.3. The van der Waals surface area contributed by atoms with Crippen molar-refractivity contribution in [2.24, 2.45) is 50.2 Å². The molecule has 5 aliphatic carbocycles. The zero-order valence-corrected chi connectivity index (χ0v) is 79.5. The Morgan fingerprint density at radius 1 is 0.460 bits per heavy atom. The van der Waals surface area contributed by atoms with Crippen molar-refractivity contribution in [2.45, 2.75) is 411 Å². The predicted molar refractivity (Wildman–Crippen MR) is 465 cm³/mol. The highest BCUT2D eigenvalue weighted by molar-refractivity contribution is 5.89. The zero-order valence-electron chi connectivity index (χ0n) is 79.5. The molecule has 8 aliphatic heterocycles. The predicted octanol–water partition coefficient (Wildman–Crippen LogP) is -3.75. The molecule has 8 heterocycles. The number of allylic oxidation sites excluding steroid dienone is 4. The van der Waals surface area contributed by atoms with Crippen LogP contribution in [0.2, 0.25) is 0 Å². The van der Waals surface area contributed by atoms with Crippen molar-refractivity contribution < 1.29 is 212 Å². The molecular formula is C94H148O43. The van der Waals surface area contributed by atoms with Gasteiger partial charge in [0.25, 0.3) is 0 Å². The number of rotatable bonds is 31. The van der Waals surface area contributed by atoms with Gasteiger partial charge in [0.2, 0.25) is 6.29 Å². The van der Waals surface area contributed by atoms with Gasteiger partial charge in [-0.15, -0.1) is 13.2 Å². The van der Waals surface area contributed by atoms with Crippen LogP contribution in [0.15, 0.2) is 60.3 Å². The van der Waals surface area contributed by atoms with E-state index in [2.05, 4.69) is 67.7 Å². The average Bonchev–Trinajstić information content (AvgIpc) is 0.668. The molecule has 0 bridgehead atoms. The lowest BCUT2D eigenvalue weighted by Gasteiger charge is -2.71. The van der Waals surface area contributed by atoms with Crippen molar-refractivity contribution in [3.63, 3.8) is 0 Å². The molecule has 0 radical (unpaired) electrons. The molecule has 0 aromatic carbocycles. The molecule has 43 heteroatoms. The number of carbonyl (C=O) groups excluding carboxylic acids is 3. The van der Waals surface area contributed by atoms with E-state index in [0.29, 0.717) is 44.9 Å². The topological polar surface area (TPSA) is 662 Å². The van der Waals surface area contributed by atoms with Gasteiger partial charge in [-0.2, -0.15) is 0 Å².